The molecule has 3 unspecified atom stereocenters. The van der Waals surface area contributed by atoms with Crippen LogP contribution in [0, 0.1) is 0 Å². The van der Waals surface area contributed by atoms with Gasteiger partial charge in [-0.1, -0.05) is 18.9 Å². The van der Waals surface area contributed by atoms with Crippen molar-refractivity contribution in [2.75, 3.05) is 18.8 Å². The van der Waals surface area contributed by atoms with Gasteiger partial charge in [0.1, 0.15) is 5.54 Å². The Balaban J connectivity index is 1.48. The number of nitrogen functional groups attached to an aromatic ring is 1. The Morgan fingerprint density at radius 1 is 1.17 bits per heavy atom. The highest BCUT2D eigenvalue weighted by molar-refractivity contribution is 7.21. The summed E-state index contributed by atoms with van der Waals surface area (Å²) < 4.78 is 0.747. The highest BCUT2D eigenvalue weighted by Crippen LogP contribution is 2.49. The molecule has 2 fully saturated rings. The van der Waals surface area contributed by atoms with Gasteiger partial charge in [0.15, 0.2) is 5.78 Å². The molecule has 2 aliphatic carbocycles. The lowest BCUT2D eigenvalue weighted by Gasteiger charge is -2.37. The van der Waals surface area contributed by atoms with E-state index in [2.05, 4.69) is 15.6 Å². The highest BCUT2D eigenvalue weighted by atomic mass is 32.1. The quantitative estimate of drug-likeness (QED) is 0.343. The van der Waals surface area contributed by atoms with Crippen molar-refractivity contribution >= 4 is 38.8 Å². The number of carbonyl (C=O) groups excluding carboxylic acids is 2. The van der Waals surface area contributed by atoms with Crippen LogP contribution in [0.25, 0.3) is 10.1 Å². The van der Waals surface area contributed by atoms with Gasteiger partial charge in [0, 0.05) is 47.0 Å². The maximum absolute atomic E-state index is 14.0. The van der Waals surface area contributed by atoms with E-state index in [1.54, 1.807) is 12.3 Å². The minimum atomic E-state index is -1.45. The monoisotopic (exact) mass is 504 g/mol. The van der Waals surface area contributed by atoms with E-state index in [0.29, 0.717) is 33.2 Å². The molecule has 3 aliphatic rings. The van der Waals surface area contributed by atoms with E-state index in [0.717, 1.165) is 54.6 Å². The number of nitrogens with two attached hydrogens (primary N) is 3. The summed E-state index contributed by atoms with van der Waals surface area (Å²) in [7, 11) is 0. The second-order valence-corrected chi connectivity index (χ2v) is 11.4. The number of hydrogen-bond donors (Lipinski definition) is 5. The molecule has 1 amide bonds. The predicted octanol–water partition coefficient (Wildman–Crippen LogP) is 2.80. The number of carbonyl (C=O) groups is 2. The van der Waals surface area contributed by atoms with Crippen LogP contribution < -0.4 is 27.8 Å². The zero-order valence-corrected chi connectivity index (χ0v) is 21.0. The molecule has 3 aromatic rings. The summed E-state index contributed by atoms with van der Waals surface area (Å²) >= 11 is 1.29. The Morgan fingerprint density at radius 2 is 1.97 bits per heavy atom. The topological polar surface area (TPSA) is 149 Å². The van der Waals surface area contributed by atoms with Gasteiger partial charge in [-0.25, -0.2) is 0 Å². The van der Waals surface area contributed by atoms with Crippen molar-refractivity contribution in [1.29, 1.82) is 0 Å². The number of nitrogens with one attached hydrogen (secondary N) is 2. The SMILES string of the molecule is Nc1ccc2c3c(c(C(=O)NC4CCCNC4)sc13)C(N)C(=O)C2(N)c1ccnc(C2CCCC2)c1. The maximum Gasteiger partial charge on any atom is 0.262 e. The standard InChI is InChI=1S/C27H32N6O2S/c28-18-8-7-17-20-21(24(36-23(18)20)26(35)33-16-6-3-10-31-13-16)22(29)25(34)27(17,30)15-9-11-32-19(12-15)14-4-1-2-5-14/h7-9,11-12,14,16,22,31H,1-6,10,13,28-30H2,(H,33,35). The molecule has 1 aliphatic heterocycles. The number of aromatic nitrogens is 1. The second-order valence-electron chi connectivity index (χ2n) is 10.4. The Bertz CT molecular complexity index is 1360. The summed E-state index contributed by atoms with van der Waals surface area (Å²) in [5.41, 5.74) is 22.0. The number of ketones is 1. The van der Waals surface area contributed by atoms with Crippen LogP contribution in [0.4, 0.5) is 5.69 Å². The van der Waals surface area contributed by atoms with E-state index in [1.165, 1.54) is 24.2 Å². The smallest absolute Gasteiger partial charge is 0.262 e. The van der Waals surface area contributed by atoms with E-state index in [1.807, 2.05) is 18.2 Å². The van der Waals surface area contributed by atoms with Crippen LogP contribution in [0.5, 0.6) is 0 Å². The Kier molecular flexibility index (Phi) is 5.83. The summed E-state index contributed by atoms with van der Waals surface area (Å²) in [6.07, 6.45) is 8.22. The molecular weight excluding hydrogens is 472 g/mol. The Morgan fingerprint density at radius 3 is 2.72 bits per heavy atom. The molecule has 3 atom stereocenters. The van der Waals surface area contributed by atoms with Crippen LogP contribution >= 0.6 is 11.3 Å². The van der Waals surface area contributed by atoms with Crippen LogP contribution in [0.2, 0.25) is 0 Å². The molecule has 36 heavy (non-hydrogen) atoms. The van der Waals surface area contributed by atoms with E-state index in [4.69, 9.17) is 17.2 Å². The third kappa shape index (κ3) is 3.56. The number of pyridine rings is 1. The summed E-state index contributed by atoms with van der Waals surface area (Å²) in [5, 5.41) is 7.17. The van der Waals surface area contributed by atoms with E-state index >= 15 is 0 Å². The van der Waals surface area contributed by atoms with E-state index in [-0.39, 0.29) is 17.7 Å². The second kappa shape index (κ2) is 8.92. The minimum Gasteiger partial charge on any atom is -0.398 e. The van der Waals surface area contributed by atoms with Gasteiger partial charge in [-0.3, -0.25) is 14.6 Å². The molecule has 1 aromatic carbocycles. The van der Waals surface area contributed by atoms with Crippen LogP contribution in [0.1, 0.15) is 82.5 Å². The molecule has 0 spiro atoms. The number of thiophene rings is 1. The van der Waals surface area contributed by atoms with Crippen molar-refractivity contribution in [1.82, 2.24) is 15.6 Å². The molecule has 188 valence electrons. The van der Waals surface area contributed by atoms with Crippen molar-refractivity contribution in [2.24, 2.45) is 11.5 Å². The van der Waals surface area contributed by atoms with Gasteiger partial charge in [0.2, 0.25) is 0 Å². The third-order valence-electron chi connectivity index (χ3n) is 8.16. The fourth-order valence-corrected chi connectivity index (χ4v) is 7.41. The molecule has 9 heteroatoms. The van der Waals surface area contributed by atoms with Gasteiger partial charge >= 0.3 is 0 Å². The lowest BCUT2D eigenvalue weighted by Crippen LogP contribution is -2.52. The molecule has 1 saturated carbocycles. The summed E-state index contributed by atoms with van der Waals surface area (Å²) in [5.74, 6) is -0.157. The van der Waals surface area contributed by atoms with Crippen molar-refractivity contribution in [3.05, 3.63) is 57.7 Å². The van der Waals surface area contributed by atoms with Crippen molar-refractivity contribution < 1.29 is 9.59 Å². The number of hydrogen-bond acceptors (Lipinski definition) is 8. The third-order valence-corrected chi connectivity index (χ3v) is 9.41. The number of Topliss-reactive ketones (excluding diaryl/α,β-unsaturated/α-hetero) is 1. The van der Waals surface area contributed by atoms with Gasteiger partial charge in [0.25, 0.3) is 5.91 Å². The molecule has 8 nitrogen and oxygen atoms in total. The number of amides is 1. The van der Waals surface area contributed by atoms with E-state index in [9.17, 15) is 9.59 Å². The zero-order chi connectivity index (χ0) is 25.0. The van der Waals surface area contributed by atoms with Crippen molar-refractivity contribution in [3.63, 3.8) is 0 Å². The fraction of sp³-hybridized carbons (Fsp3) is 0.444. The van der Waals surface area contributed by atoms with Crippen molar-refractivity contribution in [2.45, 2.75) is 62.1 Å². The molecular formula is C27H32N6O2S. The van der Waals surface area contributed by atoms with Gasteiger partial charge in [-0.15, -0.1) is 11.3 Å². The summed E-state index contributed by atoms with van der Waals surface area (Å²) in [4.78, 5) is 32.5. The van der Waals surface area contributed by atoms with Crippen LogP contribution in [0.15, 0.2) is 30.5 Å². The first-order valence-corrected chi connectivity index (χ1v) is 13.6. The number of anilines is 1. The number of piperidine rings is 1. The fourth-order valence-electron chi connectivity index (χ4n) is 6.21. The first-order chi connectivity index (χ1) is 17.4. The number of nitrogens with zero attached hydrogens (tertiary/aromatic N) is 1. The summed E-state index contributed by atoms with van der Waals surface area (Å²) in [6.45, 7) is 1.68. The number of rotatable bonds is 4. The lowest BCUT2D eigenvalue weighted by molar-refractivity contribution is -0.124. The molecule has 0 bridgehead atoms. The maximum atomic E-state index is 14.0. The van der Waals surface area contributed by atoms with E-state index < -0.39 is 11.6 Å². The number of benzene rings is 1. The van der Waals surface area contributed by atoms with Crippen molar-refractivity contribution in [3.8, 4) is 0 Å². The Hall–Kier alpha value is -2.85. The first-order valence-electron chi connectivity index (χ1n) is 12.8. The highest BCUT2D eigenvalue weighted by Gasteiger charge is 2.49. The largest absolute Gasteiger partial charge is 0.398 e. The first kappa shape index (κ1) is 23.5. The normalized spacial score (nSPS) is 26.4. The average Bonchev–Trinajstić information content (AvgIpc) is 3.57. The van der Waals surface area contributed by atoms with Gasteiger partial charge < -0.3 is 27.8 Å². The molecule has 6 rings (SSSR count). The molecule has 8 N–H and O–H groups in total. The van der Waals surface area contributed by atoms with Gasteiger partial charge in [0.05, 0.1) is 15.6 Å². The molecule has 0 radical (unpaired) electrons. The molecule has 2 aromatic heterocycles. The predicted molar refractivity (Wildman–Crippen MR) is 142 cm³/mol. The molecule has 3 heterocycles. The van der Waals surface area contributed by atoms with Gasteiger partial charge in [-0.05, 0) is 61.6 Å². The zero-order valence-electron chi connectivity index (χ0n) is 20.2. The van der Waals surface area contributed by atoms with Crippen LogP contribution in [-0.4, -0.2) is 35.8 Å². The Labute approximate surface area is 214 Å². The lowest BCUT2D eigenvalue weighted by atomic mass is 9.70. The average molecular weight is 505 g/mol. The van der Waals surface area contributed by atoms with Crippen LogP contribution in [-0.2, 0) is 10.3 Å². The summed E-state index contributed by atoms with van der Waals surface area (Å²) in [6, 6.07) is 6.38. The molecule has 1 saturated heterocycles. The minimum absolute atomic E-state index is 0.0374. The van der Waals surface area contributed by atoms with Gasteiger partial charge in [-0.2, -0.15) is 0 Å². The van der Waals surface area contributed by atoms with Crippen LogP contribution in [0.3, 0.4) is 0 Å².